The predicted octanol–water partition coefficient (Wildman–Crippen LogP) is 2.64. The lowest BCUT2D eigenvalue weighted by Crippen LogP contribution is -2.27. The molecular weight excluding hydrogens is 284 g/mol. The summed E-state index contributed by atoms with van der Waals surface area (Å²) in [6, 6.07) is 0. The lowest BCUT2D eigenvalue weighted by Gasteiger charge is -2.16. The third-order valence-electron chi connectivity index (χ3n) is 2.92. The van der Waals surface area contributed by atoms with E-state index in [-0.39, 0.29) is 18.4 Å². The minimum Gasteiger partial charge on any atom is -0.458 e. The molecule has 0 aromatic carbocycles. The second-order valence-corrected chi connectivity index (χ2v) is 6.05. The fraction of sp³-hybridized carbons (Fsp3) is 0.647. The van der Waals surface area contributed by atoms with Crippen LogP contribution in [0.15, 0.2) is 23.3 Å². The minimum atomic E-state index is -0.859. The van der Waals surface area contributed by atoms with Crippen molar-refractivity contribution in [1.82, 2.24) is 0 Å². The Labute approximate surface area is 133 Å². The Morgan fingerprint density at radius 1 is 1.00 bits per heavy atom. The zero-order valence-electron chi connectivity index (χ0n) is 14.4. The summed E-state index contributed by atoms with van der Waals surface area (Å²) in [4.78, 5) is 23.3. The molecule has 22 heavy (non-hydrogen) atoms. The molecule has 1 N–H and O–H groups in total. The van der Waals surface area contributed by atoms with E-state index in [9.17, 15) is 14.7 Å². The van der Waals surface area contributed by atoms with Crippen LogP contribution in [0.4, 0.5) is 0 Å². The van der Waals surface area contributed by atoms with E-state index in [2.05, 4.69) is 0 Å². The molecule has 0 saturated carbocycles. The molecule has 0 rings (SSSR count). The normalized spacial score (nSPS) is 11.9. The van der Waals surface area contributed by atoms with Crippen molar-refractivity contribution in [3.8, 4) is 0 Å². The third kappa shape index (κ3) is 8.62. The van der Waals surface area contributed by atoms with Crippen molar-refractivity contribution in [1.29, 1.82) is 0 Å². The monoisotopic (exact) mass is 312 g/mol. The number of ether oxygens (including phenoxy) is 2. The number of carbonyl (C=O) groups is 2. The van der Waals surface area contributed by atoms with Crippen molar-refractivity contribution in [3.63, 3.8) is 0 Å². The molecule has 0 bridgehead atoms. The van der Waals surface area contributed by atoms with Gasteiger partial charge in [0.05, 0.1) is 6.61 Å². The van der Waals surface area contributed by atoms with Crippen LogP contribution in [0.25, 0.3) is 0 Å². The lowest BCUT2D eigenvalue weighted by molar-refractivity contribution is -0.155. The first kappa shape index (κ1) is 20.4. The van der Waals surface area contributed by atoms with Crippen molar-refractivity contribution in [3.05, 3.63) is 23.3 Å². The number of hydrogen-bond acceptors (Lipinski definition) is 5. The van der Waals surface area contributed by atoms with Gasteiger partial charge in [-0.15, -0.1) is 0 Å². The highest BCUT2D eigenvalue weighted by Crippen LogP contribution is 2.19. The molecule has 0 aliphatic carbocycles. The van der Waals surface area contributed by atoms with Gasteiger partial charge >= 0.3 is 11.9 Å². The molecule has 0 saturated heterocycles. The van der Waals surface area contributed by atoms with Gasteiger partial charge in [0.15, 0.2) is 6.10 Å². The maximum atomic E-state index is 11.8. The number of aliphatic hydroxyl groups is 1. The lowest BCUT2D eigenvalue weighted by atomic mass is 9.92. The van der Waals surface area contributed by atoms with E-state index in [1.807, 2.05) is 27.7 Å². The Hall–Kier alpha value is -1.62. The molecular formula is C17H28O5. The maximum absolute atomic E-state index is 11.8. The number of esters is 2. The molecule has 0 radical (unpaired) electrons. The first-order valence-corrected chi connectivity index (χ1v) is 7.52. The Morgan fingerprint density at radius 3 is 1.95 bits per heavy atom. The number of hydrogen-bond donors (Lipinski definition) is 1. The number of aliphatic hydroxyl groups excluding tert-OH is 1. The topological polar surface area (TPSA) is 72.8 Å². The molecule has 0 aromatic rings. The van der Waals surface area contributed by atoms with Gasteiger partial charge in [-0.1, -0.05) is 38.8 Å². The van der Waals surface area contributed by atoms with Crippen LogP contribution < -0.4 is 0 Å². The van der Waals surface area contributed by atoms with Gasteiger partial charge in [-0.3, -0.25) is 0 Å². The Balaban J connectivity index is 4.56. The average molecular weight is 312 g/mol. The molecule has 126 valence electrons. The molecule has 0 amide bonds. The van der Waals surface area contributed by atoms with Crippen LogP contribution in [0.5, 0.6) is 0 Å². The zero-order valence-corrected chi connectivity index (χ0v) is 14.4. The van der Waals surface area contributed by atoms with Crippen LogP contribution in [-0.2, 0) is 19.1 Å². The molecule has 0 aromatic heterocycles. The fourth-order valence-electron chi connectivity index (χ4n) is 1.91. The molecule has 5 nitrogen and oxygen atoms in total. The summed E-state index contributed by atoms with van der Waals surface area (Å²) >= 11 is 0. The largest absolute Gasteiger partial charge is 0.458 e. The highest BCUT2D eigenvalue weighted by atomic mass is 16.6. The van der Waals surface area contributed by atoms with Crippen LogP contribution in [0.3, 0.4) is 0 Å². The van der Waals surface area contributed by atoms with Crippen molar-refractivity contribution in [2.45, 2.75) is 47.6 Å². The summed E-state index contributed by atoms with van der Waals surface area (Å²) in [5, 5.41) is 9.18. The molecule has 0 aliphatic rings. The standard InChI is InChI=1S/C17H28O5/c1-11(2)7-17(20)22-14(9-18)10-21-16(19)8-15(12(3)4)13(5)6/h7-8,12-14,18H,9-10H2,1-6H3. The Bertz CT molecular complexity index is 418. The summed E-state index contributed by atoms with van der Waals surface area (Å²) in [6.07, 6.45) is 1.93. The van der Waals surface area contributed by atoms with E-state index in [4.69, 9.17) is 9.47 Å². The van der Waals surface area contributed by atoms with E-state index in [1.165, 1.54) is 12.2 Å². The van der Waals surface area contributed by atoms with Gasteiger partial charge in [0, 0.05) is 12.2 Å². The highest BCUT2D eigenvalue weighted by Gasteiger charge is 2.16. The quantitative estimate of drug-likeness (QED) is 0.551. The summed E-state index contributed by atoms with van der Waals surface area (Å²) in [7, 11) is 0. The Kier molecular flexibility index (Phi) is 9.42. The van der Waals surface area contributed by atoms with Crippen molar-refractivity contribution >= 4 is 11.9 Å². The fourth-order valence-corrected chi connectivity index (χ4v) is 1.91. The van der Waals surface area contributed by atoms with Crippen LogP contribution in [-0.4, -0.2) is 36.4 Å². The van der Waals surface area contributed by atoms with Crippen LogP contribution in [0.2, 0.25) is 0 Å². The summed E-state index contributed by atoms with van der Waals surface area (Å²) in [6.45, 7) is 11.0. The van der Waals surface area contributed by atoms with Gasteiger partial charge in [-0.2, -0.15) is 0 Å². The highest BCUT2D eigenvalue weighted by molar-refractivity contribution is 5.83. The smallest absolute Gasteiger partial charge is 0.331 e. The van der Waals surface area contributed by atoms with Crippen molar-refractivity contribution < 1.29 is 24.2 Å². The predicted molar refractivity (Wildman–Crippen MR) is 85.1 cm³/mol. The average Bonchev–Trinajstić information content (AvgIpc) is 2.38. The molecule has 0 heterocycles. The number of rotatable bonds is 8. The van der Waals surface area contributed by atoms with E-state index < -0.39 is 24.6 Å². The molecule has 1 atom stereocenters. The van der Waals surface area contributed by atoms with E-state index >= 15 is 0 Å². The Morgan fingerprint density at radius 2 is 1.55 bits per heavy atom. The van der Waals surface area contributed by atoms with Crippen molar-refractivity contribution in [2.24, 2.45) is 11.8 Å². The van der Waals surface area contributed by atoms with Crippen molar-refractivity contribution in [2.75, 3.05) is 13.2 Å². The minimum absolute atomic E-state index is 0.169. The summed E-state index contributed by atoms with van der Waals surface area (Å²) in [5.41, 5.74) is 1.78. The molecule has 5 heteroatoms. The number of carbonyl (C=O) groups excluding carboxylic acids is 2. The van der Waals surface area contributed by atoms with Gasteiger partial charge in [0.2, 0.25) is 0 Å². The van der Waals surface area contributed by atoms with Crippen LogP contribution in [0.1, 0.15) is 41.5 Å². The molecule has 0 aliphatic heterocycles. The van der Waals surface area contributed by atoms with Crippen LogP contribution >= 0.6 is 0 Å². The summed E-state index contributed by atoms with van der Waals surface area (Å²) < 4.78 is 10.1. The molecule has 0 fully saturated rings. The number of allylic oxidation sites excluding steroid dienone is 2. The second-order valence-electron chi connectivity index (χ2n) is 6.05. The maximum Gasteiger partial charge on any atom is 0.331 e. The van der Waals surface area contributed by atoms with Gasteiger partial charge in [0.25, 0.3) is 0 Å². The first-order valence-electron chi connectivity index (χ1n) is 7.52. The SMILES string of the molecule is CC(C)=CC(=O)OC(CO)COC(=O)C=C(C(C)C)C(C)C. The van der Waals surface area contributed by atoms with Gasteiger partial charge in [-0.25, -0.2) is 9.59 Å². The second kappa shape index (κ2) is 10.2. The summed E-state index contributed by atoms with van der Waals surface area (Å²) in [5.74, 6) is -0.557. The molecule has 0 spiro atoms. The zero-order chi connectivity index (χ0) is 17.3. The third-order valence-corrected chi connectivity index (χ3v) is 2.92. The molecule has 1 unspecified atom stereocenters. The van der Waals surface area contributed by atoms with E-state index in [0.29, 0.717) is 0 Å². The van der Waals surface area contributed by atoms with E-state index in [1.54, 1.807) is 13.8 Å². The van der Waals surface area contributed by atoms with Gasteiger partial charge in [-0.05, 0) is 25.7 Å². The van der Waals surface area contributed by atoms with E-state index in [0.717, 1.165) is 11.1 Å². The van der Waals surface area contributed by atoms with Crippen LogP contribution in [0, 0.1) is 11.8 Å². The van der Waals surface area contributed by atoms with Gasteiger partial charge < -0.3 is 14.6 Å². The first-order chi connectivity index (χ1) is 10.2. The van der Waals surface area contributed by atoms with Gasteiger partial charge in [0.1, 0.15) is 6.61 Å².